The highest BCUT2D eigenvalue weighted by Crippen LogP contribution is 2.05. The number of nitrogens with zero attached hydrogens (tertiary/aromatic N) is 1. The summed E-state index contributed by atoms with van der Waals surface area (Å²) in [6.45, 7) is 2.15. The molecular weight excluding hydrogens is 242 g/mol. The molecule has 0 aliphatic carbocycles. The van der Waals surface area contributed by atoms with E-state index in [9.17, 15) is 4.79 Å². The Labute approximate surface area is 104 Å². The standard InChI is InChI=1S/C10H15N3O3S/c1-3-7(9(11)17)12-10(14)8-4-6(5-15-2)16-13-8/h4,7H,3,5H2,1-2H3,(H2,11,17)(H,12,14). The van der Waals surface area contributed by atoms with Crippen LogP contribution in [0.25, 0.3) is 0 Å². The lowest BCUT2D eigenvalue weighted by atomic mass is 10.2. The quantitative estimate of drug-likeness (QED) is 0.726. The molecule has 1 heterocycles. The molecule has 0 radical (unpaired) electrons. The lowest BCUT2D eigenvalue weighted by Crippen LogP contribution is -2.43. The van der Waals surface area contributed by atoms with Crippen molar-refractivity contribution in [1.82, 2.24) is 10.5 Å². The fraction of sp³-hybridized carbons (Fsp3) is 0.500. The molecule has 0 spiro atoms. The molecule has 1 amide bonds. The van der Waals surface area contributed by atoms with Crippen molar-refractivity contribution >= 4 is 23.1 Å². The van der Waals surface area contributed by atoms with Gasteiger partial charge in [0, 0.05) is 13.2 Å². The first kappa shape index (κ1) is 13.6. The van der Waals surface area contributed by atoms with Gasteiger partial charge in [-0.05, 0) is 6.42 Å². The van der Waals surface area contributed by atoms with Gasteiger partial charge in [-0.15, -0.1) is 0 Å². The topological polar surface area (TPSA) is 90.4 Å². The van der Waals surface area contributed by atoms with E-state index in [1.165, 1.54) is 13.2 Å². The van der Waals surface area contributed by atoms with Crippen molar-refractivity contribution in [2.75, 3.05) is 7.11 Å². The summed E-state index contributed by atoms with van der Waals surface area (Å²) in [6.07, 6.45) is 0.629. The highest BCUT2D eigenvalue weighted by atomic mass is 32.1. The van der Waals surface area contributed by atoms with Crippen molar-refractivity contribution in [3.8, 4) is 0 Å². The number of hydrogen-bond acceptors (Lipinski definition) is 5. The molecule has 1 aromatic rings. The van der Waals surface area contributed by atoms with Crippen molar-refractivity contribution < 1.29 is 14.1 Å². The summed E-state index contributed by atoms with van der Waals surface area (Å²) in [6, 6.07) is 1.19. The summed E-state index contributed by atoms with van der Waals surface area (Å²) >= 11 is 4.83. The van der Waals surface area contributed by atoms with Gasteiger partial charge in [0.2, 0.25) is 0 Å². The predicted molar refractivity (Wildman–Crippen MR) is 65.5 cm³/mol. The highest BCUT2D eigenvalue weighted by Gasteiger charge is 2.17. The van der Waals surface area contributed by atoms with Crippen LogP contribution in [-0.4, -0.2) is 29.2 Å². The molecule has 0 saturated heterocycles. The molecule has 94 valence electrons. The average Bonchev–Trinajstić information content (AvgIpc) is 2.74. The Kier molecular flexibility index (Phi) is 5.05. The molecule has 0 aliphatic rings. The molecule has 0 fully saturated rings. The van der Waals surface area contributed by atoms with Gasteiger partial charge in [0.25, 0.3) is 5.91 Å². The minimum atomic E-state index is -0.365. The fourth-order valence-electron chi connectivity index (χ4n) is 1.24. The van der Waals surface area contributed by atoms with E-state index in [2.05, 4.69) is 10.5 Å². The second-order valence-electron chi connectivity index (χ2n) is 3.45. The van der Waals surface area contributed by atoms with Crippen LogP contribution in [0.3, 0.4) is 0 Å². The Morgan fingerprint density at radius 1 is 1.76 bits per heavy atom. The van der Waals surface area contributed by atoms with Gasteiger partial charge in [-0.1, -0.05) is 24.3 Å². The van der Waals surface area contributed by atoms with Crippen LogP contribution in [0.15, 0.2) is 10.6 Å². The summed E-state index contributed by atoms with van der Waals surface area (Å²) < 4.78 is 9.76. The Morgan fingerprint density at radius 3 is 3.00 bits per heavy atom. The summed E-state index contributed by atoms with van der Waals surface area (Å²) in [5.41, 5.74) is 5.67. The van der Waals surface area contributed by atoms with E-state index in [0.29, 0.717) is 12.2 Å². The number of nitrogens with two attached hydrogens (primary N) is 1. The number of thiocarbonyl (C=S) groups is 1. The smallest absolute Gasteiger partial charge is 0.274 e. The maximum absolute atomic E-state index is 11.7. The summed E-state index contributed by atoms with van der Waals surface area (Å²) in [4.78, 5) is 12.0. The van der Waals surface area contributed by atoms with E-state index < -0.39 is 0 Å². The van der Waals surface area contributed by atoms with E-state index in [1.807, 2.05) is 6.92 Å². The van der Waals surface area contributed by atoms with Gasteiger partial charge >= 0.3 is 0 Å². The average molecular weight is 257 g/mol. The zero-order valence-electron chi connectivity index (χ0n) is 9.73. The van der Waals surface area contributed by atoms with Crippen molar-refractivity contribution in [1.29, 1.82) is 0 Å². The molecular formula is C10H15N3O3S. The molecule has 0 saturated carbocycles. The molecule has 0 aromatic carbocycles. The molecule has 1 unspecified atom stereocenters. The van der Waals surface area contributed by atoms with E-state index in [-0.39, 0.29) is 29.2 Å². The van der Waals surface area contributed by atoms with Crippen LogP contribution in [0.5, 0.6) is 0 Å². The Bertz CT molecular complexity index is 405. The van der Waals surface area contributed by atoms with Gasteiger partial charge < -0.3 is 20.3 Å². The number of hydrogen-bond donors (Lipinski definition) is 2. The van der Waals surface area contributed by atoms with E-state index in [1.54, 1.807) is 0 Å². The number of aromatic nitrogens is 1. The van der Waals surface area contributed by atoms with Crippen LogP contribution in [0.1, 0.15) is 29.6 Å². The normalized spacial score (nSPS) is 12.1. The molecule has 6 nitrogen and oxygen atoms in total. The summed E-state index contributed by atoms with van der Waals surface area (Å²) in [5, 5.41) is 6.30. The van der Waals surface area contributed by atoms with Gasteiger partial charge in [-0.25, -0.2) is 0 Å². The maximum atomic E-state index is 11.7. The van der Waals surface area contributed by atoms with E-state index in [0.717, 1.165) is 0 Å². The largest absolute Gasteiger partial charge is 0.392 e. The Morgan fingerprint density at radius 2 is 2.47 bits per heavy atom. The van der Waals surface area contributed by atoms with Crippen molar-refractivity contribution in [2.45, 2.75) is 26.0 Å². The molecule has 3 N–H and O–H groups in total. The van der Waals surface area contributed by atoms with Crippen molar-refractivity contribution in [2.24, 2.45) is 5.73 Å². The third kappa shape index (κ3) is 3.79. The third-order valence-corrected chi connectivity index (χ3v) is 2.42. The number of nitrogens with one attached hydrogen (secondary N) is 1. The van der Waals surface area contributed by atoms with Crippen molar-refractivity contribution in [3.63, 3.8) is 0 Å². The van der Waals surface area contributed by atoms with Crippen LogP contribution >= 0.6 is 12.2 Å². The maximum Gasteiger partial charge on any atom is 0.274 e. The first-order valence-corrected chi connectivity index (χ1v) is 5.54. The molecule has 1 aromatic heterocycles. The zero-order chi connectivity index (χ0) is 12.8. The van der Waals surface area contributed by atoms with E-state index >= 15 is 0 Å². The third-order valence-electron chi connectivity index (χ3n) is 2.14. The van der Waals surface area contributed by atoms with Gasteiger partial charge in [-0.3, -0.25) is 4.79 Å². The first-order chi connectivity index (χ1) is 8.08. The second-order valence-corrected chi connectivity index (χ2v) is 3.92. The van der Waals surface area contributed by atoms with Crippen LogP contribution < -0.4 is 11.1 Å². The predicted octanol–water partition coefficient (Wildman–Crippen LogP) is 0.616. The van der Waals surface area contributed by atoms with Crippen LogP contribution in [0.4, 0.5) is 0 Å². The minimum absolute atomic E-state index is 0.187. The number of ether oxygens (including phenoxy) is 1. The van der Waals surface area contributed by atoms with Gasteiger partial charge in [0.05, 0.1) is 11.0 Å². The Hall–Kier alpha value is -1.47. The monoisotopic (exact) mass is 257 g/mol. The van der Waals surface area contributed by atoms with Gasteiger partial charge in [-0.2, -0.15) is 0 Å². The fourth-order valence-corrected chi connectivity index (χ4v) is 1.46. The SMILES string of the molecule is CCC(NC(=O)c1cc(COC)on1)C(N)=S. The van der Waals surface area contributed by atoms with Crippen molar-refractivity contribution in [3.05, 3.63) is 17.5 Å². The lowest BCUT2D eigenvalue weighted by Gasteiger charge is -2.13. The minimum Gasteiger partial charge on any atom is -0.392 e. The lowest BCUT2D eigenvalue weighted by molar-refractivity contribution is 0.0936. The van der Waals surface area contributed by atoms with Crippen LogP contribution in [-0.2, 0) is 11.3 Å². The van der Waals surface area contributed by atoms with E-state index in [4.69, 9.17) is 27.2 Å². The number of amides is 1. The number of carbonyl (C=O) groups is 1. The Balaban J connectivity index is 2.65. The molecule has 1 atom stereocenters. The number of methoxy groups -OCH3 is 1. The molecule has 17 heavy (non-hydrogen) atoms. The van der Waals surface area contributed by atoms with Crippen LogP contribution in [0.2, 0.25) is 0 Å². The van der Waals surface area contributed by atoms with Crippen LogP contribution in [0, 0.1) is 0 Å². The second kappa shape index (κ2) is 6.31. The summed E-state index contributed by atoms with van der Waals surface area (Å²) in [7, 11) is 1.53. The highest BCUT2D eigenvalue weighted by molar-refractivity contribution is 7.80. The van der Waals surface area contributed by atoms with Gasteiger partial charge in [0.15, 0.2) is 11.5 Å². The number of carbonyl (C=O) groups excluding carboxylic acids is 1. The van der Waals surface area contributed by atoms with Gasteiger partial charge in [0.1, 0.15) is 6.61 Å². The molecule has 0 aliphatic heterocycles. The molecule has 0 bridgehead atoms. The zero-order valence-corrected chi connectivity index (χ0v) is 10.5. The molecule has 1 rings (SSSR count). The molecule has 7 heteroatoms. The first-order valence-electron chi connectivity index (χ1n) is 5.13. The number of rotatable bonds is 6. The summed E-state index contributed by atoms with van der Waals surface area (Å²) in [5.74, 6) is 0.122.